The summed E-state index contributed by atoms with van der Waals surface area (Å²) >= 11 is 3.26. The van der Waals surface area contributed by atoms with Crippen LogP contribution < -0.4 is 5.32 Å². The summed E-state index contributed by atoms with van der Waals surface area (Å²) in [6, 6.07) is 7.78. The zero-order chi connectivity index (χ0) is 14.5. The molecule has 1 N–H and O–H groups in total. The van der Waals surface area contributed by atoms with Crippen LogP contribution in [0.25, 0.3) is 0 Å². The van der Waals surface area contributed by atoms with Crippen LogP contribution >= 0.6 is 15.9 Å². The van der Waals surface area contributed by atoms with Crippen molar-refractivity contribution in [1.82, 2.24) is 5.32 Å². The molecule has 0 spiro atoms. The van der Waals surface area contributed by atoms with Crippen LogP contribution in [0, 0.1) is 5.82 Å². The Bertz CT molecular complexity index is 612. The number of carbonyl (C=O) groups is 1. The maximum atomic E-state index is 13.5. The molecule has 106 valence electrons. The van der Waals surface area contributed by atoms with E-state index in [9.17, 15) is 9.18 Å². The molecule has 6 heteroatoms. The smallest absolute Gasteiger partial charge is 0.287 e. The number of hydrogen-bond donors (Lipinski definition) is 1. The minimum Gasteiger partial charge on any atom is -0.453 e. The summed E-state index contributed by atoms with van der Waals surface area (Å²) in [5, 5.41) is 2.60. The van der Waals surface area contributed by atoms with E-state index in [1.54, 1.807) is 24.3 Å². The molecule has 0 fully saturated rings. The Balaban J connectivity index is 1.99. The van der Waals surface area contributed by atoms with Crippen LogP contribution in [-0.2, 0) is 17.9 Å². The summed E-state index contributed by atoms with van der Waals surface area (Å²) in [7, 11) is 1.54. The molecule has 0 saturated carbocycles. The number of furan rings is 1. The number of amides is 1. The molecule has 4 nitrogen and oxygen atoms in total. The minimum absolute atomic E-state index is 0.0877. The molecular formula is C14H13BrFNO3. The number of methoxy groups -OCH3 is 1. The van der Waals surface area contributed by atoms with Crippen LogP contribution in [0.15, 0.2) is 39.2 Å². The Kier molecular flexibility index (Phi) is 4.92. The van der Waals surface area contributed by atoms with Gasteiger partial charge < -0.3 is 14.5 Å². The Morgan fingerprint density at radius 1 is 1.40 bits per heavy atom. The Morgan fingerprint density at radius 2 is 2.20 bits per heavy atom. The second-order valence-electron chi connectivity index (χ2n) is 4.12. The normalized spacial score (nSPS) is 10.6. The van der Waals surface area contributed by atoms with Gasteiger partial charge in [-0.2, -0.15) is 0 Å². The molecule has 0 saturated heterocycles. The fraction of sp³-hybridized carbons (Fsp3) is 0.214. The average molecular weight is 342 g/mol. The lowest BCUT2D eigenvalue weighted by Gasteiger charge is -2.05. The van der Waals surface area contributed by atoms with Crippen molar-refractivity contribution in [2.24, 2.45) is 0 Å². The van der Waals surface area contributed by atoms with Crippen LogP contribution in [-0.4, -0.2) is 13.0 Å². The van der Waals surface area contributed by atoms with Crippen LogP contribution in [0.2, 0.25) is 0 Å². The molecule has 2 aromatic rings. The summed E-state index contributed by atoms with van der Waals surface area (Å²) in [6.45, 7) is 0.387. The standard InChI is InChI=1S/C14H13BrFNO3/c1-19-8-11-3-5-13(20-11)14(18)17-7-9-6-10(15)2-4-12(9)16/h2-6H,7-8H2,1H3,(H,17,18). The summed E-state index contributed by atoms with van der Waals surface area (Å²) in [6.07, 6.45) is 0. The Morgan fingerprint density at radius 3 is 2.95 bits per heavy atom. The van der Waals surface area contributed by atoms with E-state index in [2.05, 4.69) is 21.2 Å². The van der Waals surface area contributed by atoms with Gasteiger partial charge in [0.15, 0.2) is 5.76 Å². The molecule has 0 aliphatic heterocycles. The molecule has 0 radical (unpaired) electrons. The number of hydrogen-bond acceptors (Lipinski definition) is 3. The number of rotatable bonds is 5. The van der Waals surface area contributed by atoms with E-state index in [1.165, 1.54) is 13.2 Å². The van der Waals surface area contributed by atoms with Crippen LogP contribution in [0.5, 0.6) is 0 Å². The van der Waals surface area contributed by atoms with E-state index < -0.39 is 5.91 Å². The SMILES string of the molecule is COCc1ccc(C(=O)NCc2cc(Br)ccc2F)o1. The summed E-state index contributed by atoms with van der Waals surface area (Å²) < 4.78 is 24.5. The fourth-order valence-electron chi connectivity index (χ4n) is 1.66. The van der Waals surface area contributed by atoms with Crippen molar-refractivity contribution < 1.29 is 18.3 Å². The number of halogens is 2. The zero-order valence-corrected chi connectivity index (χ0v) is 12.4. The molecule has 1 aromatic carbocycles. The quantitative estimate of drug-likeness (QED) is 0.908. The Labute approximate surface area is 124 Å². The molecule has 0 bridgehead atoms. The van der Waals surface area contributed by atoms with Gasteiger partial charge >= 0.3 is 0 Å². The van der Waals surface area contributed by atoms with Crippen molar-refractivity contribution in [2.45, 2.75) is 13.2 Å². The lowest BCUT2D eigenvalue weighted by atomic mass is 10.2. The number of benzene rings is 1. The van der Waals surface area contributed by atoms with Crippen molar-refractivity contribution in [2.75, 3.05) is 7.11 Å². The van der Waals surface area contributed by atoms with Crippen molar-refractivity contribution in [3.63, 3.8) is 0 Å². The van der Waals surface area contributed by atoms with Crippen molar-refractivity contribution in [1.29, 1.82) is 0 Å². The van der Waals surface area contributed by atoms with Gasteiger partial charge in [0.1, 0.15) is 18.2 Å². The van der Waals surface area contributed by atoms with Gasteiger partial charge in [-0.05, 0) is 30.3 Å². The third-order valence-corrected chi connectivity index (χ3v) is 3.11. The highest BCUT2D eigenvalue weighted by molar-refractivity contribution is 9.10. The second kappa shape index (κ2) is 6.67. The fourth-order valence-corrected chi connectivity index (χ4v) is 2.07. The third kappa shape index (κ3) is 3.68. The van der Waals surface area contributed by atoms with Gasteiger partial charge in [0, 0.05) is 23.7 Å². The molecule has 0 aliphatic rings. The number of carbonyl (C=O) groups excluding carboxylic acids is 1. The second-order valence-corrected chi connectivity index (χ2v) is 5.03. The first kappa shape index (κ1) is 14.7. The van der Waals surface area contributed by atoms with Gasteiger partial charge in [0.25, 0.3) is 5.91 Å². The van der Waals surface area contributed by atoms with Gasteiger partial charge in [-0.25, -0.2) is 4.39 Å². The maximum Gasteiger partial charge on any atom is 0.287 e. The molecule has 2 rings (SSSR count). The highest BCUT2D eigenvalue weighted by atomic mass is 79.9. The molecular weight excluding hydrogens is 329 g/mol. The largest absolute Gasteiger partial charge is 0.453 e. The first-order chi connectivity index (χ1) is 9.60. The monoisotopic (exact) mass is 341 g/mol. The van der Waals surface area contributed by atoms with Gasteiger partial charge in [0.2, 0.25) is 0 Å². The molecule has 1 aromatic heterocycles. The summed E-state index contributed by atoms with van der Waals surface area (Å²) in [4.78, 5) is 11.9. The first-order valence-electron chi connectivity index (χ1n) is 5.90. The van der Waals surface area contributed by atoms with Crippen LogP contribution in [0.3, 0.4) is 0 Å². The van der Waals surface area contributed by atoms with E-state index in [4.69, 9.17) is 9.15 Å². The van der Waals surface area contributed by atoms with E-state index in [0.29, 0.717) is 17.9 Å². The van der Waals surface area contributed by atoms with Crippen LogP contribution in [0.1, 0.15) is 21.9 Å². The van der Waals surface area contributed by atoms with E-state index >= 15 is 0 Å². The van der Waals surface area contributed by atoms with Gasteiger partial charge in [0.05, 0.1) is 0 Å². The molecule has 0 aliphatic carbocycles. The Hall–Kier alpha value is -1.66. The number of nitrogens with one attached hydrogen (secondary N) is 1. The number of ether oxygens (including phenoxy) is 1. The van der Waals surface area contributed by atoms with Gasteiger partial charge in [-0.3, -0.25) is 4.79 Å². The van der Waals surface area contributed by atoms with Crippen molar-refractivity contribution in [3.8, 4) is 0 Å². The molecule has 0 unspecified atom stereocenters. The zero-order valence-electron chi connectivity index (χ0n) is 10.8. The summed E-state index contributed by atoms with van der Waals surface area (Å²) in [5.41, 5.74) is 0.399. The molecule has 1 amide bonds. The molecule has 0 atom stereocenters. The topological polar surface area (TPSA) is 51.5 Å². The lowest BCUT2D eigenvalue weighted by molar-refractivity contribution is 0.0914. The van der Waals surface area contributed by atoms with Crippen molar-refractivity contribution >= 4 is 21.8 Å². The van der Waals surface area contributed by atoms with E-state index in [-0.39, 0.29) is 18.1 Å². The predicted octanol–water partition coefficient (Wildman–Crippen LogP) is 3.26. The third-order valence-electron chi connectivity index (χ3n) is 2.62. The molecule has 20 heavy (non-hydrogen) atoms. The van der Waals surface area contributed by atoms with Crippen LogP contribution in [0.4, 0.5) is 4.39 Å². The highest BCUT2D eigenvalue weighted by Crippen LogP contribution is 2.15. The van der Waals surface area contributed by atoms with Crippen molar-refractivity contribution in [3.05, 3.63) is 57.7 Å². The lowest BCUT2D eigenvalue weighted by Crippen LogP contribution is -2.22. The average Bonchev–Trinajstić information content (AvgIpc) is 2.88. The minimum atomic E-state index is -0.397. The predicted molar refractivity (Wildman–Crippen MR) is 74.7 cm³/mol. The van der Waals surface area contributed by atoms with Gasteiger partial charge in [-0.15, -0.1) is 0 Å². The summed E-state index contributed by atoms with van der Waals surface area (Å²) in [5.74, 6) is -0.0292. The van der Waals surface area contributed by atoms with Gasteiger partial charge in [-0.1, -0.05) is 15.9 Å². The highest BCUT2D eigenvalue weighted by Gasteiger charge is 2.12. The van der Waals surface area contributed by atoms with E-state index in [1.807, 2.05) is 0 Å². The molecule has 1 heterocycles. The van der Waals surface area contributed by atoms with E-state index in [0.717, 1.165) is 4.47 Å². The first-order valence-corrected chi connectivity index (χ1v) is 6.69. The maximum absolute atomic E-state index is 13.5.